The summed E-state index contributed by atoms with van der Waals surface area (Å²) in [6.45, 7) is 4.06. The normalized spacial score (nSPS) is 6.52. The number of hydrogen-bond acceptors (Lipinski definition) is 6. The van der Waals surface area contributed by atoms with Crippen LogP contribution in [0.25, 0.3) is 0 Å². The van der Waals surface area contributed by atoms with E-state index in [4.69, 9.17) is 44.7 Å². The van der Waals surface area contributed by atoms with Crippen molar-refractivity contribution in [2.45, 2.75) is 27.7 Å². The lowest BCUT2D eigenvalue weighted by atomic mass is 10.7. The van der Waals surface area contributed by atoms with Gasteiger partial charge in [0, 0.05) is 27.7 Å². The van der Waals surface area contributed by atoms with E-state index in [-0.39, 0.29) is 6.54 Å². The Bertz CT molecular complexity index is 249. The highest BCUT2D eigenvalue weighted by molar-refractivity contribution is 5.68. The van der Waals surface area contributed by atoms with Gasteiger partial charge < -0.3 is 31.3 Å². The summed E-state index contributed by atoms with van der Waals surface area (Å²) in [5.41, 5.74) is 4.57. The van der Waals surface area contributed by atoms with Gasteiger partial charge in [0.05, 0.1) is 6.54 Å². The van der Waals surface area contributed by atoms with Gasteiger partial charge in [-0.3, -0.25) is 24.0 Å². The lowest BCUT2D eigenvalue weighted by Gasteiger charge is -1.73. The van der Waals surface area contributed by atoms with Crippen LogP contribution in [0.3, 0.4) is 0 Å². The molecule has 0 fully saturated rings. The van der Waals surface area contributed by atoms with Crippen molar-refractivity contribution in [1.82, 2.24) is 0 Å². The van der Waals surface area contributed by atoms with E-state index in [1.54, 1.807) is 0 Å². The van der Waals surface area contributed by atoms with E-state index in [1.807, 2.05) is 0 Å². The van der Waals surface area contributed by atoms with Gasteiger partial charge >= 0.3 is 5.97 Å². The van der Waals surface area contributed by atoms with Gasteiger partial charge in [0.25, 0.3) is 23.9 Å². The fourth-order valence-corrected chi connectivity index (χ4v) is 0. The molecule has 0 aromatic carbocycles. The highest BCUT2D eigenvalue weighted by atomic mass is 16.4. The lowest BCUT2D eigenvalue weighted by Crippen LogP contribution is -2.10. The number of aliphatic carboxylic acids is 5. The Morgan fingerprint density at radius 3 is 0.667 bits per heavy atom. The summed E-state index contributed by atoms with van der Waals surface area (Å²) in [5, 5.41) is 37.3. The van der Waals surface area contributed by atoms with Crippen LogP contribution < -0.4 is 5.73 Å². The first-order valence-electron chi connectivity index (χ1n) is 4.90. The largest absolute Gasteiger partial charge is 0.481 e. The molecule has 0 rings (SSSR count). The average molecular weight is 315 g/mol. The average Bonchev–Trinajstić information content (AvgIpc) is 2.13. The van der Waals surface area contributed by atoms with Crippen molar-refractivity contribution in [2.75, 3.05) is 6.54 Å². The molecule has 126 valence electrons. The van der Waals surface area contributed by atoms with E-state index in [2.05, 4.69) is 5.73 Å². The second-order valence-corrected chi connectivity index (χ2v) is 2.67. The van der Waals surface area contributed by atoms with E-state index >= 15 is 0 Å². The van der Waals surface area contributed by atoms with Crippen LogP contribution >= 0.6 is 0 Å². The van der Waals surface area contributed by atoms with Crippen LogP contribution in [0.1, 0.15) is 27.7 Å². The Morgan fingerprint density at radius 1 is 0.619 bits per heavy atom. The van der Waals surface area contributed by atoms with Crippen LogP contribution in [0.4, 0.5) is 0 Å². The number of rotatable bonds is 1. The van der Waals surface area contributed by atoms with Crippen LogP contribution in [0, 0.1) is 0 Å². The van der Waals surface area contributed by atoms with Crippen molar-refractivity contribution >= 4 is 29.8 Å². The summed E-state index contributed by atoms with van der Waals surface area (Å²) in [7, 11) is 0. The van der Waals surface area contributed by atoms with Gasteiger partial charge in [-0.25, -0.2) is 0 Å². The zero-order valence-electron chi connectivity index (χ0n) is 12.1. The van der Waals surface area contributed by atoms with Crippen LogP contribution in [0.5, 0.6) is 0 Å². The van der Waals surface area contributed by atoms with E-state index < -0.39 is 29.8 Å². The van der Waals surface area contributed by atoms with Crippen molar-refractivity contribution in [1.29, 1.82) is 0 Å². The molecule has 0 atom stereocenters. The van der Waals surface area contributed by atoms with Gasteiger partial charge in [-0.2, -0.15) is 0 Å². The molecule has 0 saturated carbocycles. The molecular weight excluding hydrogens is 294 g/mol. The smallest absolute Gasteiger partial charge is 0.317 e. The molecule has 0 radical (unpaired) electrons. The molecule has 0 amide bonds. The van der Waals surface area contributed by atoms with Gasteiger partial charge in [-0.15, -0.1) is 0 Å². The highest BCUT2D eigenvalue weighted by Gasteiger charge is 1.81. The summed E-state index contributed by atoms with van der Waals surface area (Å²) in [4.78, 5) is 45.2. The zero-order chi connectivity index (χ0) is 18.6. The molecule has 0 heterocycles. The summed E-state index contributed by atoms with van der Waals surface area (Å²) >= 11 is 0. The molecule has 0 aromatic rings. The molecule has 11 nitrogen and oxygen atoms in total. The standard InChI is InChI=1S/C2H5NO2.4C2H4O2/c3-1-2(4)5;4*1-2(3)4/h1,3H2,(H,4,5);4*1H3,(H,3,4). The quantitative estimate of drug-likeness (QED) is 0.359. The topological polar surface area (TPSA) is 213 Å². The first-order chi connectivity index (χ1) is 9.20. The van der Waals surface area contributed by atoms with E-state index in [0.29, 0.717) is 0 Å². The summed E-state index contributed by atoms with van der Waals surface area (Å²) < 4.78 is 0. The molecule has 0 saturated heterocycles. The summed E-state index contributed by atoms with van der Waals surface area (Å²) in [6, 6.07) is 0. The molecule has 0 unspecified atom stereocenters. The summed E-state index contributed by atoms with van der Waals surface area (Å²) in [6.07, 6.45) is 0. The minimum atomic E-state index is -0.968. The van der Waals surface area contributed by atoms with Crippen molar-refractivity contribution in [3.63, 3.8) is 0 Å². The maximum atomic E-state index is 9.24. The van der Waals surface area contributed by atoms with Gasteiger partial charge in [0.15, 0.2) is 0 Å². The van der Waals surface area contributed by atoms with Crippen molar-refractivity contribution in [3.05, 3.63) is 0 Å². The Labute approximate surface area is 120 Å². The zero-order valence-corrected chi connectivity index (χ0v) is 12.1. The maximum Gasteiger partial charge on any atom is 0.317 e. The van der Waals surface area contributed by atoms with Crippen LogP contribution in [-0.2, 0) is 24.0 Å². The lowest BCUT2D eigenvalue weighted by molar-refractivity contribution is -0.136. The predicted octanol–water partition coefficient (Wildman–Crippen LogP) is -0.607. The maximum absolute atomic E-state index is 9.24. The van der Waals surface area contributed by atoms with Gasteiger partial charge in [-0.05, 0) is 0 Å². The molecular formula is C10H21NO10. The monoisotopic (exact) mass is 315 g/mol. The Morgan fingerprint density at radius 2 is 0.667 bits per heavy atom. The SMILES string of the molecule is CC(=O)O.CC(=O)O.CC(=O)O.CC(=O)O.NCC(=O)O. The summed E-state index contributed by atoms with van der Waals surface area (Å²) in [5.74, 6) is -4.30. The fraction of sp³-hybridized carbons (Fsp3) is 0.500. The van der Waals surface area contributed by atoms with Gasteiger partial charge in [0.2, 0.25) is 0 Å². The minimum Gasteiger partial charge on any atom is -0.481 e. The van der Waals surface area contributed by atoms with Crippen LogP contribution in [-0.4, -0.2) is 61.9 Å². The number of nitrogens with two attached hydrogens (primary N) is 1. The molecule has 0 spiro atoms. The minimum absolute atomic E-state index is 0.278. The molecule has 11 heteroatoms. The van der Waals surface area contributed by atoms with E-state index in [0.717, 1.165) is 27.7 Å². The fourth-order valence-electron chi connectivity index (χ4n) is 0. The first-order valence-corrected chi connectivity index (χ1v) is 4.90. The van der Waals surface area contributed by atoms with Crippen molar-refractivity contribution in [3.8, 4) is 0 Å². The number of hydrogen-bond donors (Lipinski definition) is 6. The van der Waals surface area contributed by atoms with Gasteiger partial charge in [-0.1, -0.05) is 0 Å². The molecule has 0 aliphatic carbocycles. The van der Waals surface area contributed by atoms with Crippen LogP contribution in [0.15, 0.2) is 0 Å². The molecule has 0 aromatic heterocycles. The van der Waals surface area contributed by atoms with Crippen molar-refractivity contribution in [2.24, 2.45) is 5.73 Å². The number of carbonyl (C=O) groups is 5. The second-order valence-electron chi connectivity index (χ2n) is 2.67. The molecule has 0 aliphatic heterocycles. The van der Waals surface area contributed by atoms with Crippen LogP contribution in [0.2, 0.25) is 0 Å². The predicted molar refractivity (Wildman–Crippen MR) is 69.9 cm³/mol. The Hall–Kier alpha value is -2.69. The van der Waals surface area contributed by atoms with E-state index in [1.165, 1.54) is 0 Å². The molecule has 7 N–H and O–H groups in total. The molecule has 0 aliphatic rings. The van der Waals surface area contributed by atoms with E-state index in [9.17, 15) is 4.79 Å². The van der Waals surface area contributed by atoms with Gasteiger partial charge in [0.1, 0.15) is 0 Å². The third-order valence-corrected chi connectivity index (χ3v) is 0.175. The second kappa shape index (κ2) is 26.0. The number of carboxylic acids is 5. The third-order valence-electron chi connectivity index (χ3n) is 0.175. The Kier molecular flexibility index (Phi) is 38.3. The molecule has 0 bridgehead atoms. The Balaban J connectivity index is -0.0000000510. The number of carboxylic acid groups (broad SMARTS) is 5. The third kappa shape index (κ3) is 8520. The van der Waals surface area contributed by atoms with Crippen molar-refractivity contribution < 1.29 is 49.5 Å². The highest BCUT2D eigenvalue weighted by Crippen LogP contribution is 1.44. The first kappa shape index (κ1) is 31.0. The molecule has 21 heavy (non-hydrogen) atoms.